The van der Waals surface area contributed by atoms with Gasteiger partial charge in [-0.1, -0.05) is 30.3 Å². The molecule has 1 aliphatic carbocycles. The number of carbonyl (C=O) groups is 1. The highest BCUT2D eigenvalue weighted by Crippen LogP contribution is 2.31. The molecule has 1 atom stereocenters. The van der Waals surface area contributed by atoms with Gasteiger partial charge in [0, 0.05) is 24.2 Å². The Bertz CT molecular complexity index is 885. The van der Waals surface area contributed by atoms with Gasteiger partial charge in [0.05, 0.1) is 18.3 Å². The SMILES string of the molecule is NC(CNC(=O)c1cnc2c(cnn2Cc2ccccc2)c1)C1CC1. The van der Waals surface area contributed by atoms with Crippen molar-refractivity contribution in [2.45, 2.75) is 25.4 Å². The van der Waals surface area contributed by atoms with Gasteiger partial charge < -0.3 is 11.1 Å². The fourth-order valence-corrected chi connectivity index (χ4v) is 2.97. The van der Waals surface area contributed by atoms with Crippen LogP contribution in [0.2, 0.25) is 0 Å². The predicted molar refractivity (Wildman–Crippen MR) is 96.1 cm³/mol. The molecule has 6 heteroatoms. The third-order valence-electron chi connectivity index (χ3n) is 4.64. The first-order chi connectivity index (χ1) is 12.2. The minimum absolute atomic E-state index is 0.0502. The van der Waals surface area contributed by atoms with Crippen LogP contribution in [-0.2, 0) is 6.54 Å². The number of carbonyl (C=O) groups excluding carboxylic acids is 1. The number of hydrogen-bond donors (Lipinski definition) is 2. The summed E-state index contributed by atoms with van der Waals surface area (Å²) >= 11 is 0. The van der Waals surface area contributed by atoms with Gasteiger partial charge in [0.2, 0.25) is 0 Å². The quantitative estimate of drug-likeness (QED) is 0.721. The van der Waals surface area contributed by atoms with E-state index in [9.17, 15) is 4.79 Å². The predicted octanol–water partition coefficient (Wildman–Crippen LogP) is 1.95. The molecule has 0 radical (unpaired) electrons. The first kappa shape index (κ1) is 15.8. The van der Waals surface area contributed by atoms with Gasteiger partial charge in [-0.25, -0.2) is 9.67 Å². The van der Waals surface area contributed by atoms with E-state index in [1.54, 1.807) is 12.4 Å². The Labute approximate surface area is 146 Å². The van der Waals surface area contributed by atoms with Crippen LogP contribution in [0.15, 0.2) is 48.8 Å². The van der Waals surface area contributed by atoms with Crippen molar-refractivity contribution in [3.8, 4) is 0 Å². The Kier molecular flexibility index (Phi) is 4.19. The molecule has 3 N–H and O–H groups in total. The molecule has 1 saturated carbocycles. The first-order valence-electron chi connectivity index (χ1n) is 8.60. The van der Waals surface area contributed by atoms with Crippen molar-refractivity contribution in [1.29, 1.82) is 0 Å². The summed E-state index contributed by atoms with van der Waals surface area (Å²) < 4.78 is 1.84. The fourth-order valence-electron chi connectivity index (χ4n) is 2.97. The molecule has 1 amide bonds. The molecule has 25 heavy (non-hydrogen) atoms. The van der Waals surface area contributed by atoms with E-state index >= 15 is 0 Å². The molecular weight excluding hydrogens is 314 g/mol. The summed E-state index contributed by atoms with van der Waals surface area (Å²) in [7, 11) is 0. The topological polar surface area (TPSA) is 85.8 Å². The second-order valence-corrected chi connectivity index (χ2v) is 6.64. The Morgan fingerprint density at radius 1 is 1.28 bits per heavy atom. The molecule has 0 aliphatic heterocycles. The Morgan fingerprint density at radius 3 is 2.84 bits per heavy atom. The minimum atomic E-state index is -0.138. The van der Waals surface area contributed by atoms with Crippen molar-refractivity contribution in [1.82, 2.24) is 20.1 Å². The second-order valence-electron chi connectivity index (χ2n) is 6.64. The van der Waals surface area contributed by atoms with Crippen LogP contribution >= 0.6 is 0 Å². The van der Waals surface area contributed by atoms with Crippen LogP contribution in [0.3, 0.4) is 0 Å². The third-order valence-corrected chi connectivity index (χ3v) is 4.64. The van der Waals surface area contributed by atoms with Gasteiger partial charge >= 0.3 is 0 Å². The number of fused-ring (bicyclic) bond motifs is 1. The summed E-state index contributed by atoms with van der Waals surface area (Å²) in [6.45, 7) is 1.16. The van der Waals surface area contributed by atoms with Crippen LogP contribution in [0.25, 0.3) is 11.0 Å². The summed E-state index contributed by atoms with van der Waals surface area (Å²) in [5.41, 5.74) is 8.50. The Balaban J connectivity index is 1.48. The standard InChI is InChI=1S/C19H21N5O/c20-17(14-6-7-14)11-22-19(25)16-8-15-10-23-24(18(15)21-9-16)12-13-4-2-1-3-5-13/h1-5,8-10,14,17H,6-7,11-12,20H2,(H,22,25). The van der Waals surface area contributed by atoms with Gasteiger partial charge in [0.1, 0.15) is 0 Å². The molecule has 0 saturated heterocycles. The van der Waals surface area contributed by atoms with Gasteiger partial charge in [-0.2, -0.15) is 5.10 Å². The number of pyridine rings is 1. The number of nitrogens with one attached hydrogen (secondary N) is 1. The summed E-state index contributed by atoms with van der Waals surface area (Å²) in [6, 6.07) is 12.0. The van der Waals surface area contributed by atoms with Gasteiger partial charge in [-0.3, -0.25) is 4.79 Å². The fraction of sp³-hybridized carbons (Fsp3) is 0.316. The molecule has 2 heterocycles. The monoisotopic (exact) mass is 335 g/mol. The average Bonchev–Trinajstić information content (AvgIpc) is 3.43. The molecule has 1 fully saturated rings. The number of hydrogen-bond acceptors (Lipinski definition) is 4. The molecule has 4 rings (SSSR count). The Hall–Kier alpha value is -2.73. The largest absolute Gasteiger partial charge is 0.350 e. The Morgan fingerprint density at radius 2 is 2.08 bits per heavy atom. The van der Waals surface area contributed by atoms with Crippen molar-refractivity contribution in [2.24, 2.45) is 11.7 Å². The summed E-state index contributed by atoms with van der Waals surface area (Å²) in [6.07, 6.45) is 5.69. The van der Waals surface area contributed by atoms with Gasteiger partial charge in [0.15, 0.2) is 5.65 Å². The number of benzene rings is 1. The van der Waals surface area contributed by atoms with E-state index in [0.29, 0.717) is 24.6 Å². The van der Waals surface area contributed by atoms with Crippen LogP contribution in [0, 0.1) is 5.92 Å². The highest BCUT2D eigenvalue weighted by molar-refractivity contribution is 5.96. The summed E-state index contributed by atoms with van der Waals surface area (Å²) in [4.78, 5) is 16.7. The minimum Gasteiger partial charge on any atom is -0.350 e. The van der Waals surface area contributed by atoms with Crippen LogP contribution < -0.4 is 11.1 Å². The molecule has 6 nitrogen and oxygen atoms in total. The van der Waals surface area contributed by atoms with Crippen LogP contribution in [0.4, 0.5) is 0 Å². The molecular formula is C19H21N5O. The second kappa shape index (κ2) is 6.64. The molecule has 0 bridgehead atoms. The van der Waals surface area contributed by atoms with Crippen LogP contribution in [-0.4, -0.2) is 33.3 Å². The molecule has 2 aromatic heterocycles. The normalized spacial score (nSPS) is 15.2. The zero-order valence-electron chi connectivity index (χ0n) is 13.9. The zero-order chi connectivity index (χ0) is 17.2. The number of amides is 1. The number of nitrogens with two attached hydrogens (primary N) is 1. The van der Waals surface area contributed by atoms with Gasteiger partial charge in [-0.15, -0.1) is 0 Å². The molecule has 128 valence electrons. The van der Waals surface area contributed by atoms with E-state index in [1.807, 2.05) is 28.9 Å². The van der Waals surface area contributed by atoms with E-state index in [2.05, 4.69) is 27.5 Å². The zero-order valence-corrected chi connectivity index (χ0v) is 13.9. The molecule has 0 spiro atoms. The maximum atomic E-state index is 12.3. The maximum absolute atomic E-state index is 12.3. The van der Waals surface area contributed by atoms with E-state index < -0.39 is 0 Å². The highest BCUT2D eigenvalue weighted by Gasteiger charge is 2.28. The van der Waals surface area contributed by atoms with Gasteiger partial charge in [0.25, 0.3) is 5.91 Å². The van der Waals surface area contributed by atoms with E-state index in [1.165, 1.54) is 12.8 Å². The van der Waals surface area contributed by atoms with E-state index in [-0.39, 0.29) is 11.9 Å². The van der Waals surface area contributed by atoms with Crippen molar-refractivity contribution < 1.29 is 4.79 Å². The molecule has 3 aromatic rings. The van der Waals surface area contributed by atoms with Crippen molar-refractivity contribution in [3.05, 3.63) is 59.9 Å². The molecule has 1 unspecified atom stereocenters. The first-order valence-corrected chi connectivity index (χ1v) is 8.60. The lowest BCUT2D eigenvalue weighted by molar-refractivity contribution is 0.0950. The number of nitrogens with zero attached hydrogens (tertiary/aromatic N) is 3. The van der Waals surface area contributed by atoms with Crippen molar-refractivity contribution in [3.63, 3.8) is 0 Å². The van der Waals surface area contributed by atoms with Crippen molar-refractivity contribution >= 4 is 16.9 Å². The highest BCUT2D eigenvalue weighted by atomic mass is 16.1. The maximum Gasteiger partial charge on any atom is 0.252 e. The van der Waals surface area contributed by atoms with Crippen LogP contribution in [0.1, 0.15) is 28.8 Å². The third kappa shape index (κ3) is 3.53. The summed E-state index contributed by atoms with van der Waals surface area (Å²) in [5, 5.41) is 8.16. The summed E-state index contributed by atoms with van der Waals surface area (Å²) in [5.74, 6) is 0.429. The van der Waals surface area contributed by atoms with E-state index in [0.717, 1.165) is 16.6 Å². The lowest BCUT2D eigenvalue weighted by Gasteiger charge is -2.11. The lowest BCUT2D eigenvalue weighted by Crippen LogP contribution is -2.38. The van der Waals surface area contributed by atoms with E-state index in [4.69, 9.17) is 5.73 Å². The number of aromatic nitrogens is 3. The van der Waals surface area contributed by atoms with Gasteiger partial charge in [-0.05, 0) is 30.4 Å². The molecule has 1 aromatic carbocycles. The molecule has 1 aliphatic rings. The lowest BCUT2D eigenvalue weighted by atomic mass is 10.2. The van der Waals surface area contributed by atoms with Crippen molar-refractivity contribution in [2.75, 3.05) is 6.54 Å². The average molecular weight is 335 g/mol. The number of rotatable bonds is 6. The van der Waals surface area contributed by atoms with Crippen LogP contribution in [0.5, 0.6) is 0 Å². The smallest absolute Gasteiger partial charge is 0.252 e.